The molecule has 0 N–H and O–H groups in total. The number of allylic oxidation sites excluding steroid dienone is 1. The number of carbonyl (C=O) groups excluding carboxylic acids is 1. The van der Waals surface area contributed by atoms with Gasteiger partial charge in [-0.25, -0.2) is 4.79 Å². The van der Waals surface area contributed by atoms with Crippen LogP contribution >= 0.6 is 0 Å². The average Bonchev–Trinajstić information content (AvgIpc) is 3.02. The number of rotatable bonds is 4. The predicted octanol–water partition coefficient (Wildman–Crippen LogP) is 3.73. The number of fused-ring (bicyclic) bond motifs is 1. The fourth-order valence-corrected chi connectivity index (χ4v) is 4.24. The zero-order valence-electron chi connectivity index (χ0n) is 14.0. The molecule has 2 aliphatic rings. The Morgan fingerprint density at radius 2 is 2.13 bits per heavy atom. The van der Waals surface area contributed by atoms with E-state index in [1.807, 2.05) is 17.9 Å². The largest absolute Gasteiger partial charge is 0.416 e. The van der Waals surface area contributed by atoms with Crippen LogP contribution in [0.15, 0.2) is 42.7 Å². The Morgan fingerprint density at radius 3 is 2.78 bits per heavy atom. The molecule has 1 aliphatic heterocycles. The summed E-state index contributed by atoms with van der Waals surface area (Å²) < 4.78 is 11.1. The van der Waals surface area contributed by atoms with Gasteiger partial charge in [0, 0.05) is 25.1 Å². The third kappa shape index (κ3) is 3.00. The molecule has 3 atom stereocenters. The lowest BCUT2D eigenvalue weighted by Gasteiger charge is -2.29. The van der Waals surface area contributed by atoms with Crippen molar-refractivity contribution in [1.29, 1.82) is 0 Å². The van der Waals surface area contributed by atoms with Gasteiger partial charge >= 0.3 is 6.09 Å². The summed E-state index contributed by atoms with van der Waals surface area (Å²) in [5.41, 5.74) is 1.28. The summed E-state index contributed by atoms with van der Waals surface area (Å²) in [4.78, 5) is 14.1. The van der Waals surface area contributed by atoms with Crippen LogP contribution in [0.3, 0.4) is 0 Å². The summed E-state index contributed by atoms with van der Waals surface area (Å²) in [5.74, 6) is 0.854. The highest BCUT2D eigenvalue weighted by molar-refractivity contribution is 5.69. The molecular formula is C19H25NO3. The quantitative estimate of drug-likeness (QED) is 0.795. The molecule has 0 radical (unpaired) electrons. The molecule has 23 heavy (non-hydrogen) atoms. The highest BCUT2D eigenvalue weighted by Crippen LogP contribution is 2.51. The Bertz CT molecular complexity index is 586. The van der Waals surface area contributed by atoms with E-state index in [1.165, 1.54) is 5.56 Å². The van der Waals surface area contributed by atoms with Crippen molar-refractivity contribution in [3.8, 4) is 0 Å². The van der Waals surface area contributed by atoms with Crippen molar-refractivity contribution >= 4 is 6.09 Å². The van der Waals surface area contributed by atoms with E-state index in [1.54, 1.807) is 6.92 Å². The molecule has 0 unspecified atom stereocenters. The molecule has 1 saturated heterocycles. The van der Waals surface area contributed by atoms with Crippen molar-refractivity contribution < 1.29 is 14.3 Å². The fourth-order valence-electron chi connectivity index (χ4n) is 4.24. The number of amides is 1. The Hall–Kier alpha value is -1.81. The molecule has 4 heteroatoms. The summed E-state index contributed by atoms with van der Waals surface area (Å²) in [5, 5.41) is 0. The lowest BCUT2D eigenvalue weighted by atomic mass is 9.74. The van der Waals surface area contributed by atoms with Gasteiger partial charge in [-0.3, -0.25) is 0 Å². The van der Waals surface area contributed by atoms with Crippen LogP contribution in [0.4, 0.5) is 4.79 Å². The topological polar surface area (TPSA) is 38.8 Å². The molecule has 1 heterocycles. The minimum absolute atomic E-state index is 0.0187. The third-order valence-corrected chi connectivity index (χ3v) is 5.11. The number of hydrogen-bond donors (Lipinski definition) is 0. The van der Waals surface area contributed by atoms with Crippen LogP contribution in [0.2, 0.25) is 0 Å². The predicted molar refractivity (Wildman–Crippen MR) is 89.1 cm³/mol. The Balaban J connectivity index is 1.85. The van der Waals surface area contributed by atoms with Crippen LogP contribution in [0, 0.1) is 5.92 Å². The van der Waals surface area contributed by atoms with E-state index in [-0.39, 0.29) is 17.6 Å². The number of ether oxygens (including phenoxy) is 2. The molecule has 4 nitrogen and oxygen atoms in total. The number of likely N-dealkylation sites (tertiary alicyclic amines) is 1. The van der Waals surface area contributed by atoms with E-state index < -0.39 is 0 Å². The molecule has 0 bridgehead atoms. The van der Waals surface area contributed by atoms with Crippen molar-refractivity contribution in [3.63, 3.8) is 0 Å². The van der Waals surface area contributed by atoms with Crippen LogP contribution in [0.25, 0.3) is 0 Å². The molecule has 3 rings (SSSR count). The van der Waals surface area contributed by atoms with Gasteiger partial charge in [0.15, 0.2) is 0 Å². The minimum atomic E-state index is -0.282. The number of benzene rings is 1. The molecule has 2 fully saturated rings. The molecule has 1 aliphatic carbocycles. The fraction of sp³-hybridized carbons (Fsp3) is 0.526. The van der Waals surface area contributed by atoms with E-state index in [0.29, 0.717) is 18.2 Å². The first-order chi connectivity index (χ1) is 11.0. The third-order valence-electron chi connectivity index (χ3n) is 5.11. The summed E-state index contributed by atoms with van der Waals surface area (Å²) >= 11 is 0. The second-order valence-electron chi connectivity index (χ2n) is 6.69. The maximum atomic E-state index is 12.3. The second-order valence-corrected chi connectivity index (χ2v) is 6.69. The molecule has 1 saturated carbocycles. The molecule has 124 valence electrons. The number of nitrogens with zero attached hydrogens (tertiary/aromatic N) is 1. The average molecular weight is 315 g/mol. The number of carbonyl (C=O) groups is 1. The molecule has 1 aromatic rings. The molecule has 1 amide bonds. The summed E-state index contributed by atoms with van der Waals surface area (Å²) in [7, 11) is 0. The first kappa shape index (κ1) is 16.1. The van der Waals surface area contributed by atoms with Crippen molar-refractivity contribution in [3.05, 3.63) is 48.2 Å². The lowest BCUT2D eigenvalue weighted by Crippen LogP contribution is -2.35. The van der Waals surface area contributed by atoms with E-state index in [0.717, 1.165) is 26.0 Å². The Morgan fingerprint density at radius 1 is 1.39 bits per heavy atom. The maximum Gasteiger partial charge on any atom is 0.414 e. The minimum Gasteiger partial charge on any atom is -0.416 e. The van der Waals surface area contributed by atoms with Crippen molar-refractivity contribution in [2.45, 2.75) is 38.2 Å². The smallest absolute Gasteiger partial charge is 0.414 e. The van der Waals surface area contributed by atoms with Gasteiger partial charge in [0.2, 0.25) is 0 Å². The molecule has 0 spiro atoms. The summed E-state index contributed by atoms with van der Waals surface area (Å²) in [6, 6.07) is 10.5. The van der Waals surface area contributed by atoms with Gasteiger partial charge in [-0.05, 0) is 38.2 Å². The van der Waals surface area contributed by atoms with Crippen molar-refractivity contribution in [2.24, 2.45) is 5.92 Å². The second kappa shape index (κ2) is 6.36. The van der Waals surface area contributed by atoms with Crippen LogP contribution < -0.4 is 0 Å². The monoisotopic (exact) mass is 315 g/mol. The van der Waals surface area contributed by atoms with Crippen LogP contribution in [0.5, 0.6) is 0 Å². The normalized spacial score (nSPS) is 29.4. The maximum absolute atomic E-state index is 12.3. The van der Waals surface area contributed by atoms with Crippen LogP contribution in [-0.4, -0.2) is 36.8 Å². The lowest BCUT2D eigenvalue weighted by molar-refractivity contribution is 0.0567. The van der Waals surface area contributed by atoms with Gasteiger partial charge in [-0.1, -0.05) is 36.9 Å². The molecular weight excluding hydrogens is 290 g/mol. The first-order valence-corrected chi connectivity index (χ1v) is 8.34. The Labute approximate surface area is 138 Å². The first-order valence-electron chi connectivity index (χ1n) is 8.34. The zero-order chi connectivity index (χ0) is 16.4. The van der Waals surface area contributed by atoms with E-state index in [2.05, 4.69) is 30.8 Å². The van der Waals surface area contributed by atoms with Gasteiger partial charge < -0.3 is 14.4 Å². The van der Waals surface area contributed by atoms with E-state index >= 15 is 0 Å². The number of hydrogen-bond acceptors (Lipinski definition) is 3. The summed E-state index contributed by atoms with van der Waals surface area (Å²) in [6.07, 6.45) is 1.96. The van der Waals surface area contributed by atoms with Gasteiger partial charge in [-0.2, -0.15) is 0 Å². The molecule has 1 aromatic carbocycles. The van der Waals surface area contributed by atoms with Crippen molar-refractivity contribution in [1.82, 2.24) is 4.90 Å². The van der Waals surface area contributed by atoms with Crippen molar-refractivity contribution in [2.75, 3.05) is 19.7 Å². The van der Waals surface area contributed by atoms with E-state index in [9.17, 15) is 4.79 Å². The highest BCUT2D eigenvalue weighted by Gasteiger charge is 2.55. The summed E-state index contributed by atoms with van der Waals surface area (Å²) in [6.45, 7) is 9.56. The van der Waals surface area contributed by atoms with Gasteiger partial charge in [0.25, 0.3) is 0 Å². The van der Waals surface area contributed by atoms with Crippen LogP contribution in [0.1, 0.15) is 32.3 Å². The van der Waals surface area contributed by atoms with Gasteiger partial charge in [0.05, 0.1) is 11.9 Å². The van der Waals surface area contributed by atoms with Crippen LogP contribution in [-0.2, 0) is 14.9 Å². The molecule has 0 aromatic heterocycles. The van der Waals surface area contributed by atoms with Gasteiger partial charge in [-0.15, -0.1) is 0 Å². The standard InChI is InChI=1S/C19H25NO3/c1-4-22-17-10-16-12-20(18(21)23-14(2)3)13-19(16,11-17)15-8-6-5-7-9-15/h5-9,16-17H,2,4,10-13H2,1,3H3/t16-,17-,19+/m1/s1. The zero-order valence-corrected chi connectivity index (χ0v) is 14.0. The SMILES string of the molecule is C=C(C)OC(=O)N1C[C@H]2C[C@@H](OCC)C[C@@]2(c2ccccc2)C1. The van der Waals surface area contributed by atoms with E-state index in [4.69, 9.17) is 9.47 Å². The highest BCUT2D eigenvalue weighted by atomic mass is 16.6. The Kier molecular flexibility index (Phi) is 4.44. The van der Waals surface area contributed by atoms with Gasteiger partial charge in [0.1, 0.15) is 0 Å².